The van der Waals surface area contributed by atoms with E-state index >= 15 is 0 Å². The topological polar surface area (TPSA) is 38.9 Å². The molecule has 0 aliphatic carbocycles. The van der Waals surface area contributed by atoms with Gasteiger partial charge in [-0.1, -0.05) is 25.1 Å². The third kappa shape index (κ3) is 2.00. The number of benzene rings is 1. The molecule has 78 valence electrons. The average molecular weight is 200 g/mol. The van der Waals surface area contributed by atoms with Crippen LogP contribution in [0.2, 0.25) is 0 Å². The lowest BCUT2D eigenvalue weighted by Gasteiger charge is -2.12. The van der Waals surface area contributed by atoms with E-state index in [1.807, 2.05) is 24.4 Å². The number of nitrogens with two attached hydrogens (primary N) is 1. The fourth-order valence-corrected chi connectivity index (χ4v) is 1.85. The van der Waals surface area contributed by atoms with Gasteiger partial charge in [-0.3, -0.25) is 4.98 Å². The van der Waals surface area contributed by atoms with Crippen LogP contribution in [0.25, 0.3) is 10.9 Å². The minimum absolute atomic E-state index is 0.433. The van der Waals surface area contributed by atoms with Crippen molar-refractivity contribution in [2.24, 2.45) is 5.73 Å². The van der Waals surface area contributed by atoms with Crippen LogP contribution < -0.4 is 5.73 Å². The van der Waals surface area contributed by atoms with E-state index in [2.05, 4.69) is 24.0 Å². The first-order chi connectivity index (χ1) is 7.35. The van der Waals surface area contributed by atoms with Gasteiger partial charge in [0, 0.05) is 11.6 Å². The number of nitrogens with zero attached hydrogens (tertiary/aromatic N) is 1. The minimum atomic E-state index is 0.433. The molecule has 0 amide bonds. The summed E-state index contributed by atoms with van der Waals surface area (Å²) in [6, 6.07) is 10.4. The molecular weight excluding hydrogens is 184 g/mol. The third-order valence-corrected chi connectivity index (χ3v) is 2.86. The van der Waals surface area contributed by atoms with Gasteiger partial charge in [-0.2, -0.15) is 0 Å². The van der Waals surface area contributed by atoms with Crippen LogP contribution in [0.3, 0.4) is 0 Å². The normalized spacial score (nSPS) is 12.9. The second-order valence-electron chi connectivity index (χ2n) is 3.80. The summed E-state index contributed by atoms with van der Waals surface area (Å²) < 4.78 is 0. The van der Waals surface area contributed by atoms with Crippen molar-refractivity contribution < 1.29 is 0 Å². The number of fused-ring (bicyclic) bond motifs is 1. The Labute approximate surface area is 90.1 Å². The van der Waals surface area contributed by atoms with E-state index in [1.165, 1.54) is 10.9 Å². The van der Waals surface area contributed by atoms with E-state index in [0.717, 1.165) is 11.9 Å². The van der Waals surface area contributed by atoms with E-state index in [1.54, 1.807) is 0 Å². The molecule has 2 heteroatoms. The second kappa shape index (κ2) is 4.41. The lowest BCUT2D eigenvalue weighted by Crippen LogP contribution is -2.11. The van der Waals surface area contributed by atoms with E-state index in [4.69, 9.17) is 5.73 Å². The third-order valence-electron chi connectivity index (χ3n) is 2.86. The summed E-state index contributed by atoms with van der Waals surface area (Å²) in [6.07, 6.45) is 3.01. The summed E-state index contributed by atoms with van der Waals surface area (Å²) in [4.78, 5) is 4.44. The number of pyridine rings is 1. The Morgan fingerprint density at radius 2 is 2.13 bits per heavy atom. The molecule has 1 atom stereocenters. The lowest BCUT2D eigenvalue weighted by molar-refractivity contribution is 0.673. The highest BCUT2D eigenvalue weighted by Crippen LogP contribution is 2.21. The van der Waals surface area contributed by atoms with Crippen LogP contribution in [-0.2, 0) is 0 Å². The molecule has 0 saturated carbocycles. The van der Waals surface area contributed by atoms with E-state index in [-0.39, 0.29) is 0 Å². The SMILES string of the molecule is CCC(CN)c1cnc2ccccc2c1. The lowest BCUT2D eigenvalue weighted by atomic mass is 9.97. The Kier molecular flexibility index (Phi) is 2.97. The van der Waals surface area contributed by atoms with Gasteiger partial charge >= 0.3 is 0 Å². The highest BCUT2D eigenvalue weighted by molar-refractivity contribution is 5.78. The van der Waals surface area contributed by atoms with Crippen LogP contribution in [0.15, 0.2) is 36.5 Å². The summed E-state index contributed by atoms with van der Waals surface area (Å²) in [5.74, 6) is 0.433. The predicted molar refractivity (Wildman–Crippen MR) is 63.8 cm³/mol. The van der Waals surface area contributed by atoms with Crippen LogP contribution in [0.4, 0.5) is 0 Å². The van der Waals surface area contributed by atoms with Crippen LogP contribution in [0, 0.1) is 0 Å². The first-order valence-electron chi connectivity index (χ1n) is 5.40. The van der Waals surface area contributed by atoms with Crippen LogP contribution in [-0.4, -0.2) is 11.5 Å². The van der Waals surface area contributed by atoms with Gasteiger partial charge in [-0.15, -0.1) is 0 Å². The van der Waals surface area contributed by atoms with Crippen LogP contribution in [0.5, 0.6) is 0 Å². The second-order valence-corrected chi connectivity index (χ2v) is 3.80. The molecule has 0 saturated heterocycles. The zero-order valence-electron chi connectivity index (χ0n) is 8.98. The zero-order valence-corrected chi connectivity index (χ0v) is 8.98. The monoisotopic (exact) mass is 200 g/mol. The summed E-state index contributed by atoms with van der Waals surface area (Å²) in [6.45, 7) is 2.85. The predicted octanol–water partition coefficient (Wildman–Crippen LogP) is 2.69. The van der Waals surface area contributed by atoms with Crippen molar-refractivity contribution in [2.45, 2.75) is 19.3 Å². The fraction of sp³-hybridized carbons (Fsp3) is 0.308. The molecule has 2 nitrogen and oxygen atoms in total. The van der Waals surface area contributed by atoms with Crippen molar-refractivity contribution in [2.75, 3.05) is 6.54 Å². The van der Waals surface area contributed by atoms with Crippen LogP contribution in [0.1, 0.15) is 24.8 Å². The molecule has 1 heterocycles. The van der Waals surface area contributed by atoms with Gasteiger partial charge in [0.1, 0.15) is 0 Å². The maximum Gasteiger partial charge on any atom is 0.0702 e. The number of hydrogen-bond acceptors (Lipinski definition) is 2. The van der Waals surface area contributed by atoms with Gasteiger partial charge in [-0.25, -0.2) is 0 Å². The van der Waals surface area contributed by atoms with Gasteiger partial charge < -0.3 is 5.73 Å². The molecule has 2 N–H and O–H groups in total. The van der Waals surface area contributed by atoms with Crippen molar-refractivity contribution >= 4 is 10.9 Å². The molecule has 0 aliphatic heterocycles. The van der Waals surface area contributed by atoms with Crippen molar-refractivity contribution in [1.29, 1.82) is 0 Å². The summed E-state index contributed by atoms with van der Waals surface area (Å²) in [5, 5.41) is 1.20. The van der Waals surface area contributed by atoms with Gasteiger partial charge in [0.05, 0.1) is 5.52 Å². The number of hydrogen-bond donors (Lipinski definition) is 1. The van der Waals surface area contributed by atoms with Crippen molar-refractivity contribution in [3.63, 3.8) is 0 Å². The molecule has 2 rings (SSSR count). The van der Waals surface area contributed by atoms with Crippen molar-refractivity contribution in [1.82, 2.24) is 4.98 Å². The van der Waals surface area contributed by atoms with Gasteiger partial charge in [0.15, 0.2) is 0 Å². The molecule has 0 aliphatic rings. The number of para-hydroxylation sites is 1. The Morgan fingerprint density at radius 3 is 2.87 bits per heavy atom. The molecule has 0 radical (unpaired) electrons. The fourth-order valence-electron chi connectivity index (χ4n) is 1.85. The molecule has 15 heavy (non-hydrogen) atoms. The first-order valence-corrected chi connectivity index (χ1v) is 5.40. The number of rotatable bonds is 3. The molecule has 1 aromatic heterocycles. The van der Waals surface area contributed by atoms with E-state index in [0.29, 0.717) is 12.5 Å². The minimum Gasteiger partial charge on any atom is -0.330 e. The zero-order chi connectivity index (χ0) is 10.7. The van der Waals surface area contributed by atoms with E-state index in [9.17, 15) is 0 Å². The van der Waals surface area contributed by atoms with Gasteiger partial charge in [0.2, 0.25) is 0 Å². The Morgan fingerprint density at radius 1 is 1.33 bits per heavy atom. The molecule has 1 unspecified atom stereocenters. The highest BCUT2D eigenvalue weighted by atomic mass is 14.7. The Balaban J connectivity index is 2.46. The van der Waals surface area contributed by atoms with Gasteiger partial charge in [-0.05, 0) is 36.6 Å². The highest BCUT2D eigenvalue weighted by Gasteiger charge is 2.07. The smallest absolute Gasteiger partial charge is 0.0702 e. The Hall–Kier alpha value is -1.41. The Bertz CT molecular complexity index is 447. The van der Waals surface area contributed by atoms with E-state index < -0.39 is 0 Å². The molecule has 1 aromatic carbocycles. The standard InChI is InChI=1S/C13H16N2/c1-2-10(8-14)12-7-11-5-3-4-6-13(11)15-9-12/h3-7,9-10H,2,8,14H2,1H3. The maximum absolute atomic E-state index is 5.73. The summed E-state index contributed by atoms with van der Waals surface area (Å²) in [5.41, 5.74) is 8.03. The largest absolute Gasteiger partial charge is 0.330 e. The molecular formula is C13H16N2. The molecule has 2 aromatic rings. The maximum atomic E-state index is 5.73. The quantitative estimate of drug-likeness (QED) is 0.827. The summed E-state index contributed by atoms with van der Waals surface area (Å²) in [7, 11) is 0. The van der Waals surface area contributed by atoms with Crippen LogP contribution >= 0.6 is 0 Å². The molecule has 0 spiro atoms. The average Bonchev–Trinajstić information content (AvgIpc) is 2.30. The number of aromatic nitrogens is 1. The van der Waals surface area contributed by atoms with Crippen molar-refractivity contribution in [3.05, 3.63) is 42.1 Å². The summed E-state index contributed by atoms with van der Waals surface area (Å²) >= 11 is 0. The molecule has 0 fully saturated rings. The first kappa shape index (κ1) is 10.1. The molecule has 0 bridgehead atoms. The van der Waals surface area contributed by atoms with Gasteiger partial charge in [0.25, 0.3) is 0 Å². The van der Waals surface area contributed by atoms with Crippen molar-refractivity contribution in [3.8, 4) is 0 Å².